The van der Waals surface area contributed by atoms with E-state index in [4.69, 9.17) is 15.4 Å². The molecule has 1 aromatic carbocycles. The van der Waals surface area contributed by atoms with E-state index < -0.39 is 14.2 Å². The molecule has 6 nitrogen and oxygen atoms in total. The molecule has 0 spiro atoms. The number of halogens is 2. The van der Waals surface area contributed by atoms with E-state index >= 15 is 0 Å². The Morgan fingerprint density at radius 2 is 2.17 bits per heavy atom. The number of nitrogens with one attached hydrogen (secondary N) is 1. The number of H-pyrrole nitrogens is 1. The number of methoxy groups -OCH3 is 1. The molecule has 0 amide bonds. The van der Waals surface area contributed by atoms with Gasteiger partial charge in [-0.15, -0.1) is 0 Å². The zero-order valence-electron chi connectivity index (χ0n) is 9.02. The van der Waals surface area contributed by atoms with Crippen LogP contribution in [0.4, 0.5) is 0 Å². The Morgan fingerprint density at radius 1 is 1.44 bits per heavy atom. The van der Waals surface area contributed by atoms with Crippen LogP contribution in [-0.2, 0) is 9.05 Å². The van der Waals surface area contributed by atoms with E-state index in [1.807, 2.05) is 0 Å². The SMILES string of the molecule is COc1ccc(Br)c(-c2n[nH]c(S(=O)(=O)Cl)n2)c1. The molecule has 0 unspecified atom stereocenters. The van der Waals surface area contributed by atoms with Gasteiger partial charge in [0.15, 0.2) is 5.82 Å². The summed E-state index contributed by atoms with van der Waals surface area (Å²) >= 11 is 3.32. The van der Waals surface area contributed by atoms with Crippen molar-refractivity contribution >= 4 is 35.7 Å². The average Bonchev–Trinajstić information content (AvgIpc) is 2.78. The lowest BCUT2D eigenvalue weighted by Crippen LogP contribution is -1.93. The summed E-state index contributed by atoms with van der Waals surface area (Å²) in [7, 11) is 2.77. The molecule has 0 bridgehead atoms. The molecule has 0 saturated carbocycles. The van der Waals surface area contributed by atoms with E-state index in [2.05, 4.69) is 31.1 Å². The van der Waals surface area contributed by atoms with Crippen LogP contribution in [0.2, 0.25) is 0 Å². The summed E-state index contributed by atoms with van der Waals surface area (Å²) < 4.78 is 27.9. The molecule has 1 N–H and O–H groups in total. The summed E-state index contributed by atoms with van der Waals surface area (Å²) in [6.07, 6.45) is 0. The lowest BCUT2D eigenvalue weighted by molar-refractivity contribution is 0.415. The third-order valence-electron chi connectivity index (χ3n) is 2.11. The number of nitrogens with zero attached hydrogens (tertiary/aromatic N) is 2. The molecule has 18 heavy (non-hydrogen) atoms. The Bertz CT molecular complexity index is 686. The van der Waals surface area contributed by atoms with Gasteiger partial charge in [0.2, 0.25) is 0 Å². The van der Waals surface area contributed by atoms with Gasteiger partial charge in [0.25, 0.3) is 14.2 Å². The molecule has 0 radical (unpaired) electrons. The zero-order chi connectivity index (χ0) is 13.3. The van der Waals surface area contributed by atoms with Gasteiger partial charge >= 0.3 is 0 Å². The van der Waals surface area contributed by atoms with Crippen molar-refractivity contribution in [3.8, 4) is 17.1 Å². The Balaban J connectivity index is 2.52. The highest BCUT2D eigenvalue weighted by molar-refractivity contribution is 9.10. The predicted octanol–water partition coefficient (Wildman–Crippen LogP) is 2.17. The molecule has 2 aromatic rings. The molecule has 0 aliphatic heterocycles. The van der Waals surface area contributed by atoms with Crippen LogP contribution in [0, 0.1) is 0 Å². The monoisotopic (exact) mass is 351 g/mol. The molecular formula is C9H7BrClN3O3S. The Labute approximate surface area is 116 Å². The quantitative estimate of drug-likeness (QED) is 0.856. The molecule has 0 atom stereocenters. The number of ether oxygens (including phenoxy) is 1. The van der Waals surface area contributed by atoms with E-state index in [0.717, 1.165) is 0 Å². The van der Waals surface area contributed by atoms with Crippen LogP contribution in [0.1, 0.15) is 0 Å². The third-order valence-corrected chi connectivity index (χ3v) is 3.88. The molecule has 0 aliphatic rings. The van der Waals surface area contributed by atoms with Gasteiger partial charge < -0.3 is 4.74 Å². The molecule has 9 heteroatoms. The second-order valence-electron chi connectivity index (χ2n) is 3.25. The van der Waals surface area contributed by atoms with Crippen LogP contribution < -0.4 is 4.74 Å². The molecule has 0 saturated heterocycles. The lowest BCUT2D eigenvalue weighted by Gasteiger charge is -2.03. The molecule has 1 aromatic heterocycles. The van der Waals surface area contributed by atoms with Gasteiger partial charge in [0.05, 0.1) is 7.11 Å². The van der Waals surface area contributed by atoms with Crippen LogP contribution in [-0.4, -0.2) is 30.7 Å². The van der Waals surface area contributed by atoms with Crippen molar-refractivity contribution in [3.05, 3.63) is 22.7 Å². The van der Waals surface area contributed by atoms with Crippen LogP contribution in [0.15, 0.2) is 27.8 Å². The predicted molar refractivity (Wildman–Crippen MR) is 69.1 cm³/mol. The maximum absolute atomic E-state index is 11.1. The van der Waals surface area contributed by atoms with Crippen LogP contribution >= 0.6 is 26.6 Å². The third kappa shape index (κ3) is 2.65. The van der Waals surface area contributed by atoms with Crippen molar-refractivity contribution in [2.24, 2.45) is 0 Å². The summed E-state index contributed by atoms with van der Waals surface area (Å²) in [4.78, 5) is 3.82. The average molecular weight is 353 g/mol. The van der Waals surface area contributed by atoms with Gasteiger partial charge in [-0.1, -0.05) is 15.9 Å². The van der Waals surface area contributed by atoms with Crippen LogP contribution in [0.3, 0.4) is 0 Å². The first kappa shape index (κ1) is 13.3. The maximum atomic E-state index is 11.1. The number of hydrogen-bond acceptors (Lipinski definition) is 5. The number of rotatable bonds is 3. The molecule has 0 aliphatic carbocycles. The van der Waals surface area contributed by atoms with E-state index in [1.165, 1.54) is 7.11 Å². The molecule has 2 rings (SSSR count). The second kappa shape index (κ2) is 4.87. The van der Waals surface area contributed by atoms with Crippen molar-refractivity contribution in [2.75, 3.05) is 7.11 Å². The van der Waals surface area contributed by atoms with Crippen molar-refractivity contribution in [2.45, 2.75) is 5.16 Å². The first-order valence-corrected chi connectivity index (χ1v) is 7.73. The number of benzene rings is 1. The van der Waals surface area contributed by atoms with Gasteiger partial charge in [0.1, 0.15) is 5.75 Å². The fourth-order valence-corrected chi connectivity index (χ4v) is 2.26. The van der Waals surface area contributed by atoms with Gasteiger partial charge in [-0.25, -0.2) is 13.5 Å². The Kier molecular flexibility index (Phi) is 3.60. The van der Waals surface area contributed by atoms with Crippen molar-refractivity contribution in [1.29, 1.82) is 0 Å². The summed E-state index contributed by atoms with van der Waals surface area (Å²) in [5.41, 5.74) is 0.595. The smallest absolute Gasteiger partial charge is 0.296 e. The summed E-state index contributed by atoms with van der Waals surface area (Å²) in [5.74, 6) is 0.813. The molecule has 1 heterocycles. The molecule has 96 valence electrons. The topological polar surface area (TPSA) is 84.9 Å². The normalized spacial score (nSPS) is 11.5. The maximum Gasteiger partial charge on any atom is 0.296 e. The minimum Gasteiger partial charge on any atom is -0.497 e. The highest BCUT2D eigenvalue weighted by Crippen LogP contribution is 2.30. The van der Waals surface area contributed by atoms with Gasteiger partial charge in [-0.2, -0.15) is 10.1 Å². The minimum atomic E-state index is -3.92. The van der Waals surface area contributed by atoms with Gasteiger partial charge in [0, 0.05) is 20.7 Å². The minimum absolute atomic E-state index is 0.208. The number of hydrogen-bond donors (Lipinski definition) is 1. The first-order valence-electron chi connectivity index (χ1n) is 4.63. The standard InChI is InChI=1S/C9H7BrClN3O3S/c1-17-5-2-3-7(10)6(4-5)8-12-9(14-13-8)18(11,15)16/h2-4H,1H3,(H,12,13,14). The van der Waals surface area contributed by atoms with Gasteiger partial charge in [-0.05, 0) is 18.2 Å². The summed E-state index contributed by atoms with van der Waals surface area (Å²) in [6.45, 7) is 0. The second-order valence-corrected chi connectivity index (χ2v) is 6.58. The highest BCUT2D eigenvalue weighted by atomic mass is 79.9. The van der Waals surface area contributed by atoms with E-state index in [1.54, 1.807) is 18.2 Å². The lowest BCUT2D eigenvalue weighted by atomic mass is 10.2. The Hall–Kier alpha value is -1.12. The number of aromatic amines is 1. The van der Waals surface area contributed by atoms with Crippen molar-refractivity contribution in [1.82, 2.24) is 15.2 Å². The Morgan fingerprint density at radius 3 is 2.72 bits per heavy atom. The summed E-state index contributed by atoms with van der Waals surface area (Å²) in [6, 6.07) is 5.18. The van der Waals surface area contributed by atoms with Gasteiger partial charge in [-0.3, -0.25) is 0 Å². The highest BCUT2D eigenvalue weighted by Gasteiger charge is 2.18. The largest absolute Gasteiger partial charge is 0.497 e. The molecular weight excluding hydrogens is 346 g/mol. The number of aromatic nitrogens is 3. The first-order chi connectivity index (χ1) is 8.41. The fraction of sp³-hybridized carbons (Fsp3) is 0.111. The van der Waals surface area contributed by atoms with Crippen LogP contribution in [0.5, 0.6) is 5.75 Å². The van der Waals surface area contributed by atoms with Crippen molar-refractivity contribution in [3.63, 3.8) is 0 Å². The molecule has 0 fully saturated rings. The van der Waals surface area contributed by atoms with E-state index in [-0.39, 0.29) is 5.82 Å². The van der Waals surface area contributed by atoms with E-state index in [9.17, 15) is 8.42 Å². The zero-order valence-corrected chi connectivity index (χ0v) is 12.2. The van der Waals surface area contributed by atoms with Crippen LogP contribution in [0.25, 0.3) is 11.4 Å². The fourth-order valence-electron chi connectivity index (χ4n) is 1.28. The van der Waals surface area contributed by atoms with E-state index in [0.29, 0.717) is 15.8 Å². The van der Waals surface area contributed by atoms with Crippen molar-refractivity contribution < 1.29 is 13.2 Å². The summed E-state index contributed by atoms with van der Waals surface area (Å²) in [5, 5.41) is 5.68.